The van der Waals surface area contributed by atoms with Crippen molar-refractivity contribution in [3.8, 4) is 0 Å². The highest BCUT2D eigenvalue weighted by atomic mass is 31.1. The van der Waals surface area contributed by atoms with Gasteiger partial charge in [-0.15, -0.1) is 6.58 Å². The van der Waals surface area contributed by atoms with Crippen molar-refractivity contribution in [3.63, 3.8) is 0 Å². The summed E-state index contributed by atoms with van der Waals surface area (Å²) in [7, 11) is 4.43. The molecular formula is C14H32N2O2P+. The van der Waals surface area contributed by atoms with Gasteiger partial charge in [0.1, 0.15) is 6.16 Å². The number of hydrogen-bond acceptors (Lipinski definition) is 2. The molecule has 0 heterocycles. The summed E-state index contributed by atoms with van der Waals surface area (Å²) in [6.07, 6.45) is 6.76. The van der Waals surface area contributed by atoms with E-state index in [1.165, 1.54) is 12.8 Å². The minimum absolute atomic E-state index is 0.175. The number of aliphatic hydroxyl groups excluding tert-OH is 1. The fraction of sp³-hybridized carbons (Fsp3) is 0.786. The Labute approximate surface area is 120 Å². The molecule has 0 saturated carbocycles. The monoisotopic (exact) mass is 291 g/mol. The minimum Gasteiger partial charge on any atom is -0.629 e. The topological polar surface area (TPSA) is 69.3 Å². The van der Waals surface area contributed by atoms with E-state index >= 15 is 0 Å². The van der Waals surface area contributed by atoms with Crippen LogP contribution in [0.5, 0.6) is 0 Å². The number of likely N-dealkylation sites (N-methyl/N-ethyl adjacent to an activating group) is 1. The molecule has 0 aliphatic carbocycles. The Kier molecular flexibility index (Phi) is 14.1. The number of unbranched alkanes of at least 4 members (excludes halogenated alkanes) is 3. The second kappa shape index (κ2) is 12.8. The zero-order chi connectivity index (χ0) is 15.3. The number of nitrogens with zero attached hydrogens (tertiary/aromatic N) is 1. The van der Waals surface area contributed by atoms with E-state index in [9.17, 15) is 10.00 Å². The van der Waals surface area contributed by atoms with Crippen LogP contribution < -0.4 is 10.6 Å². The standard InChI is InChI=1S/C11H24NO2P.C3H7N/c1-5-6-7-8-9-15(14)11(13)10-12(2,3)4;1-2-3-4/h5-10H2,1-4H3;2H,1,3-4H2/p+1. The van der Waals surface area contributed by atoms with Crippen molar-refractivity contribution in [2.24, 2.45) is 5.73 Å². The Hall–Kier alpha value is -0.250. The summed E-state index contributed by atoms with van der Waals surface area (Å²) in [5, 5.41) is 9.63. The van der Waals surface area contributed by atoms with Crippen molar-refractivity contribution in [2.45, 2.75) is 32.6 Å². The number of aliphatic hydroxyl groups is 1. The first-order valence-corrected chi connectivity index (χ1v) is 8.33. The summed E-state index contributed by atoms with van der Waals surface area (Å²) in [5.74, 6) is 0. The van der Waals surface area contributed by atoms with Gasteiger partial charge in [-0.3, -0.25) is 0 Å². The highest BCUT2D eigenvalue weighted by molar-refractivity contribution is 7.51. The van der Waals surface area contributed by atoms with Crippen LogP contribution in [0.3, 0.4) is 0 Å². The Morgan fingerprint density at radius 1 is 1.32 bits per heavy atom. The molecule has 0 aliphatic rings. The molecule has 0 saturated heterocycles. The molecule has 1 atom stereocenters. The van der Waals surface area contributed by atoms with Crippen LogP contribution in [0.15, 0.2) is 12.7 Å². The number of rotatable bonds is 8. The van der Waals surface area contributed by atoms with Gasteiger partial charge in [-0.1, -0.05) is 25.8 Å². The van der Waals surface area contributed by atoms with Gasteiger partial charge in [0.15, 0.2) is 6.54 Å². The van der Waals surface area contributed by atoms with Crippen LogP contribution in [0, 0.1) is 0 Å². The molecule has 0 aromatic rings. The molecule has 0 aromatic carbocycles. The van der Waals surface area contributed by atoms with Crippen LogP contribution in [0.2, 0.25) is 0 Å². The first-order valence-electron chi connectivity index (χ1n) is 6.89. The summed E-state index contributed by atoms with van der Waals surface area (Å²) < 4.78 is 0.627. The van der Waals surface area contributed by atoms with Crippen molar-refractivity contribution in [1.82, 2.24) is 0 Å². The van der Waals surface area contributed by atoms with E-state index in [1.54, 1.807) is 6.08 Å². The molecule has 0 aromatic heterocycles. The first-order chi connectivity index (χ1) is 8.78. The van der Waals surface area contributed by atoms with E-state index < -0.39 is 7.77 Å². The Morgan fingerprint density at radius 2 is 1.84 bits per heavy atom. The Balaban J connectivity index is 0. The molecule has 5 heteroatoms. The summed E-state index contributed by atoms with van der Waals surface area (Å²) in [4.78, 5) is 11.6. The van der Waals surface area contributed by atoms with Crippen molar-refractivity contribution in [2.75, 3.05) is 40.4 Å². The molecule has 4 nitrogen and oxygen atoms in total. The van der Waals surface area contributed by atoms with Gasteiger partial charge in [0, 0.05) is 6.54 Å². The zero-order valence-corrected chi connectivity index (χ0v) is 14.0. The normalized spacial score (nSPS) is 12.4. The van der Waals surface area contributed by atoms with Crippen LogP contribution in [0.1, 0.15) is 32.6 Å². The molecule has 0 amide bonds. The van der Waals surface area contributed by atoms with E-state index in [1.807, 2.05) is 21.1 Å². The third kappa shape index (κ3) is 17.8. The Morgan fingerprint density at radius 3 is 2.21 bits per heavy atom. The number of quaternary nitrogens is 1. The van der Waals surface area contributed by atoms with Gasteiger partial charge in [-0.25, -0.2) is 0 Å². The van der Waals surface area contributed by atoms with Crippen molar-refractivity contribution >= 4 is 13.3 Å². The van der Waals surface area contributed by atoms with E-state index in [0.717, 1.165) is 12.8 Å². The lowest BCUT2D eigenvalue weighted by Gasteiger charge is -2.22. The fourth-order valence-electron chi connectivity index (χ4n) is 1.31. The van der Waals surface area contributed by atoms with E-state index in [2.05, 4.69) is 13.5 Å². The average molecular weight is 291 g/mol. The molecule has 0 aliphatic heterocycles. The molecule has 114 valence electrons. The van der Waals surface area contributed by atoms with Crippen molar-refractivity contribution in [1.29, 1.82) is 0 Å². The Bertz CT molecular complexity index is 261. The second-order valence-corrected chi connectivity index (χ2v) is 7.27. The van der Waals surface area contributed by atoms with Crippen LogP contribution in [-0.2, 0) is 0 Å². The van der Waals surface area contributed by atoms with Gasteiger partial charge in [0.2, 0.25) is 0 Å². The highest BCUT2D eigenvalue weighted by Gasteiger charge is 2.16. The lowest BCUT2D eigenvalue weighted by Crippen LogP contribution is -2.39. The summed E-state index contributed by atoms with van der Waals surface area (Å²) in [5.41, 5.74) is 5.08. The molecule has 19 heavy (non-hydrogen) atoms. The maximum Gasteiger partial charge on any atom is 0.273 e. The third-order valence-electron chi connectivity index (χ3n) is 2.29. The van der Waals surface area contributed by atoms with Gasteiger partial charge in [-0.05, 0) is 12.8 Å². The van der Waals surface area contributed by atoms with Crippen LogP contribution >= 0.6 is 7.77 Å². The predicted octanol–water partition coefficient (Wildman–Crippen LogP) is 1.66. The van der Waals surface area contributed by atoms with Gasteiger partial charge < -0.3 is 20.2 Å². The molecule has 0 rings (SSSR count). The maximum absolute atomic E-state index is 11.6. The molecule has 0 radical (unpaired) electrons. The highest BCUT2D eigenvalue weighted by Crippen LogP contribution is 2.17. The largest absolute Gasteiger partial charge is 0.629 e. The maximum atomic E-state index is 11.6. The summed E-state index contributed by atoms with van der Waals surface area (Å²) in [6.45, 7) is 6.58. The lowest BCUT2D eigenvalue weighted by molar-refractivity contribution is -0.861. The molecule has 0 spiro atoms. The van der Waals surface area contributed by atoms with Gasteiger partial charge >= 0.3 is 0 Å². The van der Waals surface area contributed by atoms with Crippen LogP contribution in [-0.4, -0.2) is 55.5 Å². The number of nitrogens with two attached hydrogens (primary N) is 1. The summed E-state index contributed by atoms with van der Waals surface area (Å²) in [6, 6.07) is 0. The predicted molar refractivity (Wildman–Crippen MR) is 85.0 cm³/mol. The smallest absolute Gasteiger partial charge is 0.273 e. The first kappa shape index (κ1) is 21.1. The second-order valence-electron chi connectivity index (χ2n) is 5.55. The van der Waals surface area contributed by atoms with Crippen molar-refractivity contribution < 1.29 is 14.5 Å². The van der Waals surface area contributed by atoms with E-state index in [-0.39, 0.29) is 5.48 Å². The zero-order valence-electron chi connectivity index (χ0n) is 13.1. The van der Waals surface area contributed by atoms with Gasteiger partial charge in [0.25, 0.3) is 5.48 Å². The third-order valence-corrected chi connectivity index (χ3v) is 3.72. The van der Waals surface area contributed by atoms with Gasteiger partial charge in [-0.2, -0.15) is 0 Å². The van der Waals surface area contributed by atoms with Crippen LogP contribution in [0.25, 0.3) is 0 Å². The molecule has 0 bridgehead atoms. The van der Waals surface area contributed by atoms with Gasteiger partial charge in [0.05, 0.1) is 28.9 Å². The van der Waals surface area contributed by atoms with E-state index in [4.69, 9.17) is 5.73 Å². The molecule has 1 unspecified atom stereocenters. The SMILES string of the molecule is C=CCN.CCCCCC/[P+]([O-])=C(\O)C[N+](C)(C)C. The molecule has 0 fully saturated rings. The van der Waals surface area contributed by atoms with E-state index in [0.29, 0.717) is 23.7 Å². The minimum atomic E-state index is -1.52. The quantitative estimate of drug-likeness (QED) is 0.309. The molecule has 3 N–H and O–H groups in total. The number of hydrogen-bond donors (Lipinski definition) is 2. The lowest BCUT2D eigenvalue weighted by atomic mass is 10.2. The summed E-state index contributed by atoms with van der Waals surface area (Å²) >= 11 is 0. The fourth-order valence-corrected chi connectivity index (χ4v) is 2.67. The van der Waals surface area contributed by atoms with Crippen molar-refractivity contribution in [3.05, 3.63) is 12.7 Å². The average Bonchev–Trinajstić information content (AvgIpc) is 2.32. The van der Waals surface area contributed by atoms with Crippen LogP contribution in [0.4, 0.5) is 0 Å². The molecular weight excluding hydrogens is 259 g/mol.